The molecule has 0 bridgehead atoms. The van der Waals surface area contributed by atoms with E-state index in [1.807, 2.05) is 53.7 Å². The summed E-state index contributed by atoms with van der Waals surface area (Å²) in [6, 6.07) is 0. The molecule has 0 aromatic rings. The molecule has 0 aromatic carbocycles. The largest absolute Gasteiger partial charge is 2.00 e. The Kier molecular flexibility index (Phi) is 41.5. The maximum atomic E-state index is 11.7. The van der Waals surface area contributed by atoms with Gasteiger partial charge in [-0.1, -0.05) is 76.0 Å². The van der Waals surface area contributed by atoms with Crippen molar-refractivity contribution in [1.29, 1.82) is 0 Å². The van der Waals surface area contributed by atoms with Gasteiger partial charge in [0.15, 0.2) is 6.61 Å². The molecule has 4 spiro atoms. The smallest absolute Gasteiger partial charge is 1.00 e. The fourth-order valence-corrected chi connectivity index (χ4v) is 10.6. The zero-order chi connectivity index (χ0) is 60.5. The molecular formula is C59H88Cl3MgNaO19. The van der Waals surface area contributed by atoms with E-state index in [1.165, 1.54) is 66.6 Å². The van der Waals surface area contributed by atoms with Crippen LogP contribution in [-0.4, -0.2) is 137 Å². The minimum Gasteiger partial charge on any atom is -1.00 e. The van der Waals surface area contributed by atoms with Gasteiger partial charge in [-0.15, -0.1) is 23.2 Å². The molecule has 4 aliphatic heterocycles. The number of alkyl halides is 2. The fraction of sp³-hybridized carbons (Fsp3) is 0.678. The van der Waals surface area contributed by atoms with E-state index in [4.69, 9.17) is 42.5 Å². The molecule has 4 heterocycles. The van der Waals surface area contributed by atoms with Crippen molar-refractivity contribution >= 4 is 106 Å². The van der Waals surface area contributed by atoms with Gasteiger partial charge in [0, 0.05) is 24.8 Å². The van der Waals surface area contributed by atoms with Gasteiger partial charge in [0.1, 0.15) is 28.6 Å². The van der Waals surface area contributed by atoms with Crippen LogP contribution in [0.15, 0.2) is 48.6 Å². The quantitative estimate of drug-likeness (QED) is 0.0584. The van der Waals surface area contributed by atoms with Gasteiger partial charge >= 0.3 is 106 Å². The Morgan fingerprint density at radius 3 is 1.17 bits per heavy atom. The van der Waals surface area contributed by atoms with Crippen LogP contribution in [0.2, 0.25) is 0 Å². The van der Waals surface area contributed by atoms with E-state index >= 15 is 0 Å². The summed E-state index contributed by atoms with van der Waals surface area (Å²) in [6.45, 7) is 21.0. The van der Waals surface area contributed by atoms with Gasteiger partial charge in [-0.05, 0) is 125 Å². The third-order valence-corrected chi connectivity index (χ3v) is 14.5. The second kappa shape index (κ2) is 40.0. The van der Waals surface area contributed by atoms with E-state index in [0.29, 0.717) is 6.42 Å². The van der Waals surface area contributed by atoms with Crippen LogP contribution in [0, 0.1) is 29.1 Å². The van der Waals surface area contributed by atoms with Crippen molar-refractivity contribution in [3.8, 4) is 0 Å². The molecule has 6 fully saturated rings. The van der Waals surface area contributed by atoms with Crippen LogP contribution in [0.25, 0.3) is 0 Å². The van der Waals surface area contributed by atoms with E-state index in [-0.39, 0.29) is 171 Å². The van der Waals surface area contributed by atoms with Gasteiger partial charge in [0.25, 0.3) is 0 Å². The molecule has 0 aromatic heterocycles. The number of carbonyl (C=O) groups excluding carboxylic acids is 9. The number of rotatable bonds is 6. The summed E-state index contributed by atoms with van der Waals surface area (Å²) in [6.07, 6.45) is 28.0. The summed E-state index contributed by atoms with van der Waals surface area (Å²) in [5.74, 6) is -4.63. The molecule has 2 atom stereocenters. The number of carbonyl (C=O) groups is 10. The number of hydrogen-bond acceptors (Lipinski definition) is 18. The van der Waals surface area contributed by atoms with Crippen LogP contribution < -0.4 is 47.1 Å². The molecule has 83 heavy (non-hydrogen) atoms. The van der Waals surface area contributed by atoms with Crippen molar-refractivity contribution in [1.82, 2.24) is 0 Å². The van der Waals surface area contributed by atoms with Crippen molar-refractivity contribution in [2.24, 2.45) is 21.7 Å². The average molecular weight is 1250 g/mol. The molecule has 4 saturated heterocycles. The molecule has 19 nitrogen and oxygen atoms in total. The third-order valence-electron chi connectivity index (χ3n) is 14.1. The number of allylic oxidation sites excluding steroid dienone is 4. The zero-order valence-electron chi connectivity index (χ0n) is 51.1. The molecular weight excluding hydrogens is 1170 g/mol. The van der Waals surface area contributed by atoms with Gasteiger partial charge in [-0.2, -0.15) is 0 Å². The Balaban J connectivity index is -0.000000436. The van der Waals surface area contributed by atoms with Crippen molar-refractivity contribution in [3.05, 3.63) is 56.0 Å². The molecule has 2 saturated carbocycles. The number of carboxylic acid groups (broad SMARTS) is 2. The van der Waals surface area contributed by atoms with Crippen LogP contribution in [0.5, 0.6) is 0 Å². The van der Waals surface area contributed by atoms with Crippen LogP contribution in [-0.2, 0) is 81.1 Å². The van der Waals surface area contributed by atoms with Crippen molar-refractivity contribution in [3.63, 3.8) is 0 Å². The predicted molar refractivity (Wildman–Crippen MR) is 303 cm³/mol. The second-order valence-electron chi connectivity index (χ2n) is 22.8. The molecule has 8 aliphatic rings. The Labute approximate surface area is 546 Å². The first kappa shape index (κ1) is 85.9. The first-order valence-corrected chi connectivity index (χ1v) is 27.6. The molecule has 4 aliphatic carbocycles. The van der Waals surface area contributed by atoms with Crippen LogP contribution in [0.4, 0.5) is 0 Å². The molecule has 462 valence electrons. The predicted octanol–water partition coefficient (Wildman–Crippen LogP) is 3.33. The maximum Gasteiger partial charge on any atom is 2.00 e. The summed E-state index contributed by atoms with van der Waals surface area (Å²) in [7, 11) is 2.52. The van der Waals surface area contributed by atoms with Crippen molar-refractivity contribution in [2.45, 2.75) is 201 Å². The standard InChI is InChI=1S/2C11H18O2.C11H16O2.C9H10O3.C7H10O4.C4H6O2.C3H5ClO2.C2H3ClO2.CH3.ClH.Mg.Na/c3*1-10(2)8-11(9(12)13-10)6-4-3-5-7-11;10-7-6-9(8(11)12-7)4-2-1-3-5-9;1-5(2)7(9)11-4-6(8)10-3;1-3(2)4(5)6;1-6-3(5)2-4;3-1-2(4)5;;;;/h2*3-8H2,1-2H3;3-4H,5-8H2,1-2H3;1-2H,3-6H2;1,4H2,2-3H3;1H2,2H3,(H,5,6);2H2,1H3;1H2,(H,4,5);1H3;1H;;/q;;;;;;;;-1;;+2;+1/p-2. The summed E-state index contributed by atoms with van der Waals surface area (Å²) in [5, 5.41) is 17.1. The van der Waals surface area contributed by atoms with Gasteiger partial charge in [-0.3, -0.25) is 33.6 Å². The second-order valence-corrected chi connectivity index (χ2v) is 23.4. The van der Waals surface area contributed by atoms with Crippen LogP contribution >= 0.6 is 23.2 Å². The van der Waals surface area contributed by atoms with E-state index in [9.17, 15) is 53.1 Å². The number of esters is 8. The molecule has 24 heteroatoms. The molecule has 0 amide bonds. The number of ether oxygens (including phenoxy) is 7. The summed E-state index contributed by atoms with van der Waals surface area (Å²) in [4.78, 5) is 107. The normalized spacial score (nSPS) is 22.9. The summed E-state index contributed by atoms with van der Waals surface area (Å²) >= 11 is 9.71. The van der Waals surface area contributed by atoms with E-state index in [1.54, 1.807) is 0 Å². The Bertz CT molecular complexity index is 2180. The van der Waals surface area contributed by atoms with E-state index in [2.05, 4.69) is 44.3 Å². The Hall–Kier alpha value is -3.50. The van der Waals surface area contributed by atoms with Gasteiger partial charge in [0.05, 0.1) is 48.3 Å². The first-order chi connectivity index (χ1) is 36.7. The van der Waals surface area contributed by atoms with Crippen molar-refractivity contribution in [2.75, 3.05) is 32.6 Å². The third kappa shape index (κ3) is 30.1. The molecule has 1 N–H and O–H groups in total. The monoisotopic (exact) mass is 1250 g/mol. The van der Waals surface area contributed by atoms with Gasteiger partial charge < -0.3 is 68.0 Å². The SMILES string of the molecule is C=C(C)C(=O)OCC(=O)OC.C=C(C)C(=O)[O-].CC1(C)CC2(CC=CCC2)C(=O)O1.CC1(C)CC2(CCCCC2)C(=O)O1.CC1(C)CC2(CCCCC2)C(=O)O1.COC(=O)CCl.O=C(O)CCl.O=C1CC2(CC=CCC2)C(=O)O1.[CH3-].[Cl-].[Mg+2].[Na+]. The minimum atomic E-state index is -1.19. The minimum absolute atomic E-state index is 0. The summed E-state index contributed by atoms with van der Waals surface area (Å²) < 4.78 is 33.5. The average Bonchev–Trinajstić information content (AvgIpc) is 3.96. The number of cyclic esters (lactones) is 5. The number of methoxy groups -OCH3 is 2. The zero-order valence-corrected chi connectivity index (χ0v) is 56.8. The maximum absolute atomic E-state index is 11.7. The molecule has 0 radical (unpaired) electrons. The number of halogens is 3. The van der Waals surface area contributed by atoms with E-state index in [0.717, 1.165) is 77.0 Å². The van der Waals surface area contributed by atoms with E-state index < -0.39 is 35.3 Å². The van der Waals surface area contributed by atoms with Gasteiger partial charge in [-0.25, -0.2) is 9.59 Å². The topological polar surface area (TPSA) is 279 Å². The van der Waals surface area contributed by atoms with Crippen molar-refractivity contribution < 1.29 is 133 Å². The molecule has 8 rings (SSSR count). The number of aliphatic carboxylic acids is 2. The van der Waals surface area contributed by atoms with Gasteiger partial charge in [0.2, 0.25) is 0 Å². The number of hydrogen-bond donors (Lipinski definition) is 1. The summed E-state index contributed by atoms with van der Waals surface area (Å²) in [5.41, 5.74) is -1.22. The Morgan fingerprint density at radius 2 is 0.940 bits per heavy atom. The molecule has 2 unspecified atom stereocenters. The number of carboxylic acids is 2. The fourth-order valence-electron chi connectivity index (χ4n) is 10.5. The first-order valence-electron chi connectivity index (χ1n) is 26.6. The Morgan fingerprint density at radius 1 is 0.590 bits per heavy atom. The van der Waals surface area contributed by atoms with Crippen LogP contribution in [0.3, 0.4) is 0 Å². The van der Waals surface area contributed by atoms with Crippen LogP contribution in [0.1, 0.15) is 184 Å².